The molecule has 0 saturated heterocycles. The summed E-state index contributed by atoms with van der Waals surface area (Å²) in [5.41, 5.74) is 2.42. The molecule has 1 amide bonds. The highest BCUT2D eigenvalue weighted by atomic mass is 32.1. The smallest absolute Gasteiger partial charge is 0.296 e. The van der Waals surface area contributed by atoms with Crippen molar-refractivity contribution in [3.63, 3.8) is 0 Å². The van der Waals surface area contributed by atoms with Gasteiger partial charge in [-0.3, -0.25) is 14.5 Å². The molecule has 182 valence electrons. The molecule has 0 spiro atoms. The fourth-order valence-corrected chi connectivity index (χ4v) is 5.30. The van der Waals surface area contributed by atoms with E-state index in [0.717, 1.165) is 22.2 Å². The molecule has 1 aliphatic rings. The number of rotatable bonds is 8. The lowest BCUT2D eigenvalue weighted by atomic mass is 9.95. The van der Waals surface area contributed by atoms with Crippen molar-refractivity contribution in [3.05, 3.63) is 101 Å². The molecule has 1 aliphatic heterocycles. The van der Waals surface area contributed by atoms with E-state index in [1.807, 2.05) is 18.2 Å². The minimum atomic E-state index is -0.922. The van der Waals surface area contributed by atoms with Crippen molar-refractivity contribution in [1.82, 2.24) is 4.98 Å². The first-order valence-corrected chi connectivity index (χ1v) is 12.3. The second kappa shape index (κ2) is 9.47. The molecule has 0 saturated carbocycles. The number of hydrogen-bond donors (Lipinski definition) is 1. The number of amides is 1. The standard InChI is InChI=1S/C28H24N2O5S/c1-4-13-34-19-8-6-7-18(15-19)24-23(25(31)21-12-9-16(3)35-21)26(32)27(33)30(24)28-29-20-11-10-17(5-2)14-22(20)36-28/h4,6-12,14-15,24,32H,1,5,13H2,2-3H3/t24-/m0/s1. The minimum absolute atomic E-state index is 0.0460. The van der Waals surface area contributed by atoms with Crippen LogP contribution in [0.5, 0.6) is 5.75 Å². The fraction of sp³-hybridized carbons (Fsp3) is 0.179. The number of aliphatic hydroxyl groups is 1. The van der Waals surface area contributed by atoms with E-state index < -0.39 is 23.5 Å². The molecule has 7 nitrogen and oxygen atoms in total. The summed E-state index contributed by atoms with van der Waals surface area (Å²) in [4.78, 5) is 33.0. The number of nitrogens with zero attached hydrogens (tertiary/aromatic N) is 2. The fourth-order valence-electron chi connectivity index (χ4n) is 4.25. The number of fused-ring (bicyclic) bond motifs is 1. The number of anilines is 1. The van der Waals surface area contributed by atoms with Gasteiger partial charge in [0.1, 0.15) is 18.1 Å². The Morgan fingerprint density at radius 1 is 1.25 bits per heavy atom. The molecule has 2 aromatic carbocycles. The van der Waals surface area contributed by atoms with Crippen LogP contribution in [0, 0.1) is 6.92 Å². The van der Waals surface area contributed by atoms with Crippen LogP contribution < -0.4 is 9.64 Å². The molecule has 36 heavy (non-hydrogen) atoms. The molecule has 2 aromatic heterocycles. The zero-order chi connectivity index (χ0) is 25.4. The van der Waals surface area contributed by atoms with Crippen molar-refractivity contribution in [3.8, 4) is 5.75 Å². The first-order chi connectivity index (χ1) is 17.4. The van der Waals surface area contributed by atoms with E-state index in [1.54, 1.807) is 43.3 Å². The van der Waals surface area contributed by atoms with Crippen molar-refractivity contribution in [1.29, 1.82) is 0 Å². The number of Topliss-reactive ketones (excluding diaryl/α,β-unsaturated/α-hetero) is 1. The van der Waals surface area contributed by atoms with Gasteiger partial charge in [0.15, 0.2) is 16.7 Å². The Balaban J connectivity index is 1.65. The number of aromatic nitrogens is 1. The molecule has 8 heteroatoms. The summed E-state index contributed by atoms with van der Waals surface area (Å²) in [7, 11) is 0. The number of furan rings is 1. The van der Waals surface area contributed by atoms with Crippen LogP contribution in [0.1, 0.15) is 40.4 Å². The summed E-state index contributed by atoms with van der Waals surface area (Å²) in [5, 5.41) is 11.4. The summed E-state index contributed by atoms with van der Waals surface area (Å²) < 4.78 is 12.2. The van der Waals surface area contributed by atoms with Gasteiger partial charge < -0.3 is 14.3 Å². The molecule has 0 bridgehead atoms. The SMILES string of the molecule is C=CCOc1cccc([C@H]2C(C(=O)c3ccc(C)o3)=C(O)C(=O)N2c2nc3ccc(CC)cc3s2)c1. The van der Waals surface area contributed by atoms with E-state index in [0.29, 0.717) is 28.8 Å². The van der Waals surface area contributed by atoms with Gasteiger partial charge in [0.2, 0.25) is 5.78 Å². The summed E-state index contributed by atoms with van der Waals surface area (Å²) in [6.07, 6.45) is 2.50. The van der Waals surface area contributed by atoms with Gasteiger partial charge in [-0.2, -0.15) is 0 Å². The van der Waals surface area contributed by atoms with Crippen LogP contribution in [0.3, 0.4) is 0 Å². The highest BCUT2D eigenvalue weighted by molar-refractivity contribution is 7.22. The normalized spacial score (nSPS) is 15.7. The van der Waals surface area contributed by atoms with Gasteiger partial charge >= 0.3 is 0 Å². The molecule has 4 aromatic rings. The van der Waals surface area contributed by atoms with E-state index in [4.69, 9.17) is 9.15 Å². The van der Waals surface area contributed by atoms with E-state index >= 15 is 0 Å². The third-order valence-corrected chi connectivity index (χ3v) is 7.03. The molecular weight excluding hydrogens is 476 g/mol. The Kier molecular flexibility index (Phi) is 6.20. The van der Waals surface area contributed by atoms with Crippen LogP contribution in [-0.4, -0.2) is 28.4 Å². The lowest BCUT2D eigenvalue weighted by molar-refractivity contribution is -0.117. The van der Waals surface area contributed by atoms with Gasteiger partial charge in [-0.25, -0.2) is 4.98 Å². The topological polar surface area (TPSA) is 92.9 Å². The molecule has 1 atom stereocenters. The Morgan fingerprint density at radius 3 is 2.81 bits per heavy atom. The van der Waals surface area contributed by atoms with E-state index in [-0.39, 0.29) is 11.3 Å². The van der Waals surface area contributed by atoms with Crippen LogP contribution >= 0.6 is 11.3 Å². The van der Waals surface area contributed by atoms with Crippen molar-refractivity contribution < 1.29 is 23.8 Å². The Labute approximate surface area is 212 Å². The van der Waals surface area contributed by atoms with Gasteiger partial charge in [0.25, 0.3) is 5.91 Å². The summed E-state index contributed by atoms with van der Waals surface area (Å²) in [6.45, 7) is 7.76. The quantitative estimate of drug-likeness (QED) is 0.232. The highest BCUT2D eigenvalue weighted by Crippen LogP contribution is 2.45. The lowest BCUT2D eigenvalue weighted by Gasteiger charge is -2.24. The number of aryl methyl sites for hydroxylation is 2. The van der Waals surface area contributed by atoms with E-state index in [9.17, 15) is 14.7 Å². The Morgan fingerprint density at radius 2 is 2.08 bits per heavy atom. The third kappa shape index (κ3) is 4.09. The van der Waals surface area contributed by atoms with Crippen LogP contribution in [0.25, 0.3) is 10.2 Å². The predicted octanol–water partition coefficient (Wildman–Crippen LogP) is 6.11. The molecule has 3 heterocycles. The molecule has 0 aliphatic carbocycles. The second-order valence-corrected chi connectivity index (χ2v) is 9.41. The average Bonchev–Trinajstić information content (AvgIpc) is 3.58. The first kappa shape index (κ1) is 23.6. The molecule has 0 fully saturated rings. The van der Waals surface area contributed by atoms with Crippen LogP contribution in [0.4, 0.5) is 5.13 Å². The number of ketones is 1. The first-order valence-electron chi connectivity index (χ1n) is 11.5. The molecule has 5 rings (SSSR count). The van der Waals surface area contributed by atoms with Crippen molar-refractivity contribution >= 4 is 38.4 Å². The van der Waals surface area contributed by atoms with Crippen LogP contribution in [-0.2, 0) is 11.2 Å². The summed E-state index contributed by atoms with van der Waals surface area (Å²) in [5.74, 6) is -0.737. The lowest BCUT2D eigenvalue weighted by Crippen LogP contribution is -2.31. The van der Waals surface area contributed by atoms with Crippen molar-refractivity contribution in [2.75, 3.05) is 11.5 Å². The number of benzene rings is 2. The minimum Gasteiger partial charge on any atom is -0.503 e. The van der Waals surface area contributed by atoms with Crippen LogP contribution in [0.15, 0.2) is 83.0 Å². The van der Waals surface area contributed by atoms with Crippen molar-refractivity contribution in [2.45, 2.75) is 26.3 Å². The zero-order valence-corrected chi connectivity index (χ0v) is 20.7. The molecule has 0 unspecified atom stereocenters. The monoisotopic (exact) mass is 500 g/mol. The van der Waals surface area contributed by atoms with Gasteiger partial charge in [-0.1, -0.05) is 49.1 Å². The number of carbonyl (C=O) groups excluding carboxylic acids is 2. The maximum atomic E-state index is 13.5. The second-order valence-electron chi connectivity index (χ2n) is 8.40. The molecule has 1 N–H and O–H groups in total. The number of carbonyl (C=O) groups is 2. The Hall–Kier alpha value is -4.17. The number of hydrogen-bond acceptors (Lipinski definition) is 7. The Bertz CT molecular complexity index is 1530. The number of ether oxygens (including phenoxy) is 1. The maximum absolute atomic E-state index is 13.5. The highest BCUT2D eigenvalue weighted by Gasteiger charge is 2.46. The van der Waals surface area contributed by atoms with Gasteiger partial charge in [-0.15, -0.1) is 0 Å². The van der Waals surface area contributed by atoms with E-state index in [1.165, 1.54) is 22.3 Å². The van der Waals surface area contributed by atoms with Gasteiger partial charge in [0, 0.05) is 0 Å². The van der Waals surface area contributed by atoms with Gasteiger partial charge in [0.05, 0.1) is 21.8 Å². The zero-order valence-electron chi connectivity index (χ0n) is 19.9. The molecular formula is C28H24N2O5S. The van der Waals surface area contributed by atoms with Crippen molar-refractivity contribution in [2.24, 2.45) is 0 Å². The van der Waals surface area contributed by atoms with Gasteiger partial charge in [-0.05, 0) is 60.9 Å². The maximum Gasteiger partial charge on any atom is 0.296 e. The summed E-state index contributed by atoms with van der Waals surface area (Å²) in [6, 6.07) is 15.3. The number of thiazole rings is 1. The largest absolute Gasteiger partial charge is 0.503 e. The molecule has 0 radical (unpaired) electrons. The average molecular weight is 501 g/mol. The third-order valence-electron chi connectivity index (χ3n) is 6.01. The summed E-state index contributed by atoms with van der Waals surface area (Å²) >= 11 is 1.34. The van der Waals surface area contributed by atoms with E-state index in [2.05, 4.69) is 18.5 Å². The number of aliphatic hydroxyl groups excluding tert-OH is 1. The van der Waals surface area contributed by atoms with Crippen LogP contribution in [0.2, 0.25) is 0 Å². The predicted molar refractivity (Wildman–Crippen MR) is 139 cm³/mol.